The summed E-state index contributed by atoms with van der Waals surface area (Å²) in [6, 6.07) is 5.22. The van der Waals surface area contributed by atoms with Gasteiger partial charge in [0.05, 0.1) is 12.8 Å². The van der Waals surface area contributed by atoms with Crippen LogP contribution in [0.15, 0.2) is 18.2 Å². The molecule has 2 atom stereocenters. The number of carbonyl (C=O) groups is 2. The number of carbonyl (C=O) groups excluding carboxylic acids is 2. The van der Waals surface area contributed by atoms with E-state index in [2.05, 4.69) is 22.9 Å². The van der Waals surface area contributed by atoms with Crippen LogP contribution in [0.5, 0.6) is 5.75 Å². The molecule has 0 saturated carbocycles. The molecule has 1 aliphatic heterocycles. The summed E-state index contributed by atoms with van der Waals surface area (Å²) in [5, 5.41) is 9.01. The summed E-state index contributed by atoms with van der Waals surface area (Å²) in [4.78, 5) is 23.6. The Bertz CT molecular complexity index is 583. The fourth-order valence-electron chi connectivity index (χ4n) is 3.11. The third-order valence-electron chi connectivity index (χ3n) is 4.44. The summed E-state index contributed by atoms with van der Waals surface area (Å²) in [6.07, 6.45) is 2.85. The van der Waals surface area contributed by atoms with Crippen molar-refractivity contribution in [3.8, 4) is 5.75 Å². The third kappa shape index (κ3) is 5.23. The Morgan fingerprint density at radius 1 is 1.38 bits per heavy atom. The van der Waals surface area contributed by atoms with Crippen LogP contribution in [-0.4, -0.2) is 32.0 Å². The predicted molar refractivity (Wildman–Crippen MR) is 95.3 cm³/mol. The van der Waals surface area contributed by atoms with Crippen molar-refractivity contribution >= 4 is 23.2 Å². The van der Waals surface area contributed by atoms with E-state index in [0.29, 0.717) is 35.4 Å². The summed E-state index contributed by atoms with van der Waals surface area (Å²) in [6.45, 7) is 5.63. The van der Waals surface area contributed by atoms with E-state index in [4.69, 9.17) is 4.74 Å². The van der Waals surface area contributed by atoms with Crippen LogP contribution in [0.25, 0.3) is 0 Å². The minimum atomic E-state index is -0.185. The van der Waals surface area contributed by atoms with Gasteiger partial charge in [0.2, 0.25) is 11.8 Å². The molecule has 1 heterocycles. The maximum atomic E-state index is 12.3. The molecule has 2 rings (SSSR count). The number of rotatable bonds is 6. The second kappa shape index (κ2) is 8.68. The quantitative estimate of drug-likeness (QED) is 0.748. The van der Waals surface area contributed by atoms with Gasteiger partial charge >= 0.3 is 0 Å². The van der Waals surface area contributed by atoms with Gasteiger partial charge in [0.25, 0.3) is 0 Å². The zero-order chi connectivity index (χ0) is 17.5. The Kier molecular flexibility index (Phi) is 6.61. The Morgan fingerprint density at radius 3 is 2.79 bits per heavy atom. The number of hydrogen-bond acceptors (Lipinski definition) is 4. The predicted octanol–water partition coefficient (Wildman–Crippen LogP) is 2.62. The Balaban J connectivity index is 1.96. The van der Waals surface area contributed by atoms with Crippen LogP contribution in [-0.2, 0) is 9.59 Å². The Labute approximate surface area is 143 Å². The Hall–Kier alpha value is -2.08. The van der Waals surface area contributed by atoms with Crippen molar-refractivity contribution in [1.82, 2.24) is 5.32 Å². The van der Waals surface area contributed by atoms with E-state index >= 15 is 0 Å². The lowest BCUT2D eigenvalue weighted by molar-refractivity contribution is -0.117. The summed E-state index contributed by atoms with van der Waals surface area (Å²) >= 11 is 0. The lowest BCUT2D eigenvalue weighted by Gasteiger charge is -2.28. The maximum Gasteiger partial charge on any atom is 0.224 e. The average molecular weight is 333 g/mol. The van der Waals surface area contributed by atoms with Gasteiger partial charge < -0.3 is 20.7 Å². The number of piperidine rings is 1. The zero-order valence-corrected chi connectivity index (χ0v) is 14.6. The van der Waals surface area contributed by atoms with Crippen molar-refractivity contribution in [2.24, 2.45) is 11.8 Å². The first-order valence-corrected chi connectivity index (χ1v) is 8.45. The van der Waals surface area contributed by atoms with Gasteiger partial charge in [0, 0.05) is 19.0 Å². The van der Waals surface area contributed by atoms with Crippen LogP contribution < -0.4 is 20.7 Å². The molecule has 1 fully saturated rings. The lowest BCUT2D eigenvalue weighted by atomic mass is 9.85. The molecule has 132 valence electrons. The number of ether oxygens (including phenoxy) is 1. The van der Waals surface area contributed by atoms with Crippen molar-refractivity contribution in [1.29, 1.82) is 0 Å². The summed E-state index contributed by atoms with van der Waals surface area (Å²) in [7, 11) is 1.54. The van der Waals surface area contributed by atoms with Gasteiger partial charge in [-0.1, -0.05) is 6.92 Å². The zero-order valence-electron chi connectivity index (χ0n) is 14.6. The van der Waals surface area contributed by atoms with Gasteiger partial charge in [-0.25, -0.2) is 0 Å². The number of methoxy groups -OCH3 is 1. The topological polar surface area (TPSA) is 79.5 Å². The normalized spacial score (nSPS) is 18.5. The number of benzene rings is 1. The molecule has 3 N–H and O–H groups in total. The highest BCUT2D eigenvalue weighted by Crippen LogP contribution is 2.28. The van der Waals surface area contributed by atoms with E-state index in [0.717, 1.165) is 13.1 Å². The van der Waals surface area contributed by atoms with Crippen LogP contribution in [0, 0.1) is 11.8 Å². The van der Waals surface area contributed by atoms with Crippen molar-refractivity contribution < 1.29 is 14.3 Å². The molecule has 1 aromatic rings. The molecule has 1 aliphatic rings. The van der Waals surface area contributed by atoms with Gasteiger partial charge in [0.1, 0.15) is 5.75 Å². The second-order valence-corrected chi connectivity index (χ2v) is 6.43. The first kappa shape index (κ1) is 18.3. The van der Waals surface area contributed by atoms with E-state index in [-0.39, 0.29) is 11.8 Å². The van der Waals surface area contributed by atoms with Crippen LogP contribution in [0.3, 0.4) is 0 Å². The molecule has 2 unspecified atom stereocenters. The summed E-state index contributed by atoms with van der Waals surface area (Å²) < 4.78 is 5.22. The van der Waals surface area contributed by atoms with Gasteiger partial charge in [-0.3, -0.25) is 9.59 Å². The standard InChI is InChI=1S/C18H27N3O3/c1-12(14-5-4-8-19-11-14)9-18(23)21-15-6-7-17(24-3)16(10-15)20-13(2)22/h6-7,10,12,14,19H,4-5,8-9,11H2,1-3H3,(H,20,22)(H,21,23). The van der Waals surface area contributed by atoms with Crippen molar-refractivity contribution in [3.05, 3.63) is 18.2 Å². The first-order valence-electron chi connectivity index (χ1n) is 8.45. The molecule has 0 spiro atoms. The number of hydrogen-bond donors (Lipinski definition) is 3. The second-order valence-electron chi connectivity index (χ2n) is 6.43. The van der Waals surface area contributed by atoms with E-state index in [1.165, 1.54) is 19.8 Å². The molecular formula is C18H27N3O3. The van der Waals surface area contributed by atoms with E-state index in [1.807, 2.05) is 0 Å². The van der Waals surface area contributed by atoms with Crippen LogP contribution in [0.2, 0.25) is 0 Å². The van der Waals surface area contributed by atoms with Crippen molar-refractivity contribution in [2.75, 3.05) is 30.8 Å². The largest absolute Gasteiger partial charge is 0.495 e. The summed E-state index contributed by atoms with van der Waals surface area (Å²) in [5.74, 6) is 1.26. The minimum Gasteiger partial charge on any atom is -0.495 e. The summed E-state index contributed by atoms with van der Waals surface area (Å²) in [5.41, 5.74) is 1.20. The molecule has 1 saturated heterocycles. The smallest absolute Gasteiger partial charge is 0.224 e. The van der Waals surface area contributed by atoms with E-state index < -0.39 is 0 Å². The van der Waals surface area contributed by atoms with Crippen molar-refractivity contribution in [2.45, 2.75) is 33.1 Å². The van der Waals surface area contributed by atoms with Gasteiger partial charge in [-0.15, -0.1) is 0 Å². The molecule has 0 aliphatic carbocycles. The van der Waals surface area contributed by atoms with Crippen LogP contribution in [0.1, 0.15) is 33.1 Å². The molecule has 1 aromatic carbocycles. The highest BCUT2D eigenvalue weighted by molar-refractivity contribution is 5.94. The van der Waals surface area contributed by atoms with E-state index in [9.17, 15) is 9.59 Å². The molecule has 2 amide bonds. The fraction of sp³-hybridized carbons (Fsp3) is 0.556. The number of nitrogens with one attached hydrogen (secondary N) is 3. The van der Waals surface area contributed by atoms with Crippen LogP contribution >= 0.6 is 0 Å². The number of anilines is 2. The molecule has 0 radical (unpaired) electrons. The molecule has 24 heavy (non-hydrogen) atoms. The van der Waals surface area contributed by atoms with E-state index in [1.54, 1.807) is 25.3 Å². The molecule has 0 bridgehead atoms. The maximum absolute atomic E-state index is 12.3. The van der Waals surface area contributed by atoms with Gasteiger partial charge in [-0.2, -0.15) is 0 Å². The van der Waals surface area contributed by atoms with Gasteiger partial charge in [-0.05, 0) is 56.0 Å². The molecule has 0 aromatic heterocycles. The highest BCUT2D eigenvalue weighted by atomic mass is 16.5. The fourth-order valence-corrected chi connectivity index (χ4v) is 3.11. The number of amides is 2. The van der Waals surface area contributed by atoms with Gasteiger partial charge in [0.15, 0.2) is 0 Å². The first-order chi connectivity index (χ1) is 11.5. The monoisotopic (exact) mass is 333 g/mol. The Morgan fingerprint density at radius 2 is 2.17 bits per heavy atom. The lowest BCUT2D eigenvalue weighted by Crippen LogP contribution is -2.34. The SMILES string of the molecule is COc1ccc(NC(=O)CC(C)C2CCCNC2)cc1NC(C)=O. The van der Waals surface area contributed by atoms with Crippen molar-refractivity contribution in [3.63, 3.8) is 0 Å². The minimum absolute atomic E-state index is 0.00739. The third-order valence-corrected chi connectivity index (χ3v) is 4.44. The molecular weight excluding hydrogens is 306 g/mol. The van der Waals surface area contributed by atoms with Crippen LogP contribution in [0.4, 0.5) is 11.4 Å². The molecule has 6 nitrogen and oxygen atoms in total. The molecule has 6 heteroatoms. The average Bonchev–Trinajstić information content (AvgIpc) is 2.55. The highest BCUT2D eigenvalue weighted by Gasteiger charge is 2.22.